The van der Waals surface area contributed by atoms with Gasteiger partial charge < -0.3 is 4.98 Å². The molecule has 1 aromatic heterocycles. The predicted molar refractivity (Wildman–Crippen MR) is 41.8 cm³/mol. The van der Waals surface area contributed by atoms with Crippen LogP contribution < -0.4 is 27.2 Å². The zero-order valence-electron chi connectivity index (χ0n) is 6.39. The Bertz CT molecular complexity index is 214. The van der Waals surface area contributed by atoms with Gasteiger partial charge in [0.1, 0.15) is 12.1 Å². The lowest BCUT2D eigenvalue weighted by atomic mass is 10.6. The van der Waals surface area contributed by atoms with Gasteiger partial charge in [-0.1, -0.05) is 0 Å². The van der Waals surface area contributed by atoms with Crippen LogP contribution in [0.15, 0.2) is 12.4 Å². The van der Waals surface area contributed by atoms with Crippen LogP contribution in [0.4, 0.5) is 0 Å². The van der Waals surface area contributed by atoms with Crippen LogP contribution in [-0.2, 0) is 6.54 Å². The number of hydrogen-bond acceptors (Lipinski definition) is 6. The molecule has 0 aromatic carbocycles. The average Bonchev–Trinajstić information content (AvgIpc) is 2.74. The van der Waals surface area contributed by atoms with Crippen LogP contribution in [0.25, 0.3) is 0 Å². The first-order valence-electron chi connectivity index (χ1n) is 3.68. The number of hydrogen-bond donors (Lipinski definition) is 6. The summed E-state index contributed by atoms with van der Waals surface area (Å²) in [5.41, 5.74) is 11.2. The van der Waals surface area contributed by atoms with Crippen molar-refractivity contribution in [3.8, 4) is 0 Å². The molecule has 7 nitrogen and oxygen atoms in total. The molecule has 0 radical (unpaired) electrons. The molecule has 7 heteroatoms. The van der Waals surface area contributed by atoms with E-state index in [2.05, 4.69) is 37.2 Å². The summed E-state index contributed by atoms with van der Waals surface area (Å²) < 4.78 is 0. The number of imidazole rings is 1. The summed E-state index contributed by atoms with van der Waals surface area (Å²) in [6.45, 7) is 0.682. The number of aromatic nitrogens is 2. The maximum atomic E-state index is 4.06. The summed E-state index contributed by atoms with van der Waals surface area (Å²) in [6.07, 6.45) is 3.53. The molecule has 0 atom stereocenters. The maximum absolute atomic E-state index is 4.06. The standard InChI is InChI=1S/C5H11N7/c1-2-7-4(6-1)3-8-5-9-11-12-10-5/h1-2,5,8-12H,3H2,(H,6,7). The van der Waals surface area contributed by atoms with Gasteiger partial charge in [0.15, 0.2) is 0 Å². The van der Waals surface area contributed by atoms with Gasteiger partial charge in [0.05, 0.1) is 6.54 Å². The number of nitrogens with zero attached hydrogens (tertiary/aromatic N) is 1. The topological polar surface area (TPSA) is 88.8 Å². The minimum absolute atomic E-state index is 0.00935. The molecule has 0 bridgehead atoms. The van der Waals surface area contributed by atoms with Crippen molar-refractivity contribution in [2.24, 2.45) is 0 Å². The molecule has 1 aliphatic rings. The Morgan fingerprint density at radius 1 is 1.42 bits per heavy atom. The third-order valence-electron chi connectivity index (χ3n) is 1.52. The highest BCUT2D eigenvalue weighted by atomic mass is 15.8. The highest BCUT2D eigenvalue weighted by Crippen LogP contribution is 1.86. The summed E-state index contributed by atoms with van der Waals surface area (Å²) in [4.78, 5) is 7.05. The molecule has 0 saturated carbocycles. The maximum Gasteiger partial charge on any atom is 0.139 e. The normalized spacial score (nSPS) is 18.7. The quantitative estimate of drug-likeness (QED) is 0.311. The zero-order chi connectivity index (χ0) is 8.23. The second-order valence-corrected chi connectivity index (χ2v) is 2.39. The summed E-state index contributed by atoms with van der Waals surface area (Å²) in [7, 11) is 0. The Hall–Kier alpha value is -0.990. The van der Waals surface area contributed by atoms with Gasteiger partial charge in [-0.15, -0.1) is 0 Å². The zero-order valence-corrected chi connectivity index (χ0v) is 6.39. The van der Waals surface area contributed by atoms with Crippen LogP contribution in [0.2, 0.25) is 0 Å². The minimum Gasteiger partial charge on any atom is -0.348 e. The predicted octanol–water partition coefficient (Wildman–Crippen LogP) is -2.10. The molecular weight excluding hydrogens is 158 g/mol. The summed E-state index contributed by atoms with van der Waals surface area (Å²) >= 11 is 0. The van der Waals surface area contributed by atoms with Crippen LogP contribution in [0.5, 0.6) is 0 Å². The number of H-pyrrole nitrogens is 1. The van der Waals surface area contributed by atoms with Crippen molar-refractivity contribution in [3.63, 3.8) is 0 Å². The molecule has 2 heterocycles. The van der Waals surface area contributed by atoms with E-state index in [4.69, 9.17) is 0 Å². The van der Waals surface area contributed by atoms with Gasteiger partial charge in [0, 0.05) is 12.4 Å². The fraction of sp³-hybridized carbons (Fsp3) is 0.400. The molecule has 0 unspecified atom stereocenters. The van der Waals surface area contributed by atoms with E-state index in [-0.39, 0.29) is 6.29 Å². The molecule has 0 amide bonds. The monoisotopic (exact) mass is 169 g/mol. The summed E-state index contributed by atoms with van der Waals surface area (Å²) in [5, 5.41) is 3.14. The average molecular weight is 169 g/mol. The number of nitrogens with one attached hydrogen (secondary N) is 6. The van der Waals surface area contributed by atoms with Crippen LogP contribution >= 0.6 is 0 Å². The minimum atomic E-state index is 0.00935. The van der Waals surface area contributed by atoms with E-state index in [0.29, 0.717) is 6.54 Å². The first-order valence-corrected chi connectivity index (χ1v) is 3.68. The first-order chi connectivity index (χ1) is 5.95. The molecule has 2 rings (SSSR count). The van der Waals surface area contributed by atoms with Gasteiger partial charge in [-0.3, -0.25) is 5.32 Å². The van der Waals surface area contributed by atoms with Crippen molar-refractivity contribution in [1.82, 2.24) is 37.2 Å². The fourth-order valence-electron chi connectivity index (χ4n) is 0.948. The molecule has 66 valence electrons. The second kappa shape index (κ2) is 3.61. The van der Waals surface area contributed by atoms with Gasteiger partial charge in [0.2, 0.25) is 0 Å². The third-order valence-corrected chi connectivity index (χ3v) is 1.52. The third kappa shape index (κ3) is 1.78. The lowest BCUT2D eigenvalue weighted by molar-refractivity contribution is 0.419. The van der Waals surface area contributed by atoms with Crippen LogP contribution in [0.1, 0.15) is 5.82 Å². The molecule has 1 fully saturated rings. The van der Waals surface area contributed by atoms with Crippen LogP contribution in [-0.4, -0.2) is 16.3 Å². The molecule has 12 heavy (non-hydrogen) atoms. The largest absolute Gasteiger partial charge is 0.348 e. The molecular formula is C5H11N7. The Morgan fingerprint density at radius 2 is 2.25 bits per heavy atom. The molecule has 0 aliphatic carbocycles. The van der Waals surface area contributed by atoms with E-state index in [1.807, 2.05) is 0 Å². The van der Waals surface area contributed by atoms with E-state index in [9.17, 15) is 0 Å². The highest BCUT2D eigenvalue weighted by Gasteiger charge is 2.10. The first kappa shape index (κ1) is 7.65. The van der Waals surface area contributed by atoms with Crippen LogP contribution in [0, 0.1) is 0 Å². The van der Waals surface area contributed by atoms with Gasteiger partial charge in [0.25, 0.3) is 0 Å². The van der Waals surface area contributed by atoms with Crippen molar-refractivity contribution < 1.29 is 0 Å². The van der Waals surface area contributed by atoms with Crippen molar-refractivity contribution in [1.29, 1.82) is 0 Å². The molecule has 1 aromatic rings. The summed E-state index contributed by atoms with van der Waals surface area (Å²) in [6, 6.07) is 0. The van der Waals surface area contributed by atoms with E-state index in [0.717, 1.165) is 5.82 Å². The van der Waals surface area contributed by atoms with Crippen molar-refractivity contribution in [3.05, 3.63) is 18.2 Å². The number of hydrazine groups is 3. The van der Waals surface area contributed by atoms with E-state index in [1.54, 1.807) is 12.4 Å². The summed E-state index contributed by atoms with van der Waals surface area (Å²) in [5.74, 6) is 0.908. The molecule has 6 N–H and O–H groups in total. The lowest BCUT2D eigenvalue weighted by Gasteiger charge is -2.08. The number of rotatable bonds is 3. The van der Waals surface area contributed by atoms with Crippen molar-refractivity contribution >= 4 is 0 Å². The Balaban J connectivity index is 1.74. The van der Waals surface area contributed by atoms with Gasteiger partial charge in [-0.05, 0) is 0 Å². The fourth-order valence-corrected chi connectivity index (χ4v) is 0.948. The SMILES string of the molecule is c1c[nH]c(CNC2NNNN2)n1. The number of aromatic amines is 1. The van der Waals surface area contributed by atoms with Crippen LogP contribution in [0.3, 0.4) is 0 Å². The second-order valence-electron chi connectivity index (χ2n) is 2.39. The van der Waals surface area contributed by atoms with E-state index in [1.165, 1.54) is 0 Å². The Labute approximate surface area is 69.2 Å². The van der Waals surface area contributed by atoms with Gasteiger partial charge in [-0.25, -0.2) is 15.8 Å². The highest BCUT2D eigenvalue weighted by molar-refractivity contribution is 4.86. The smallest absolute Gasteiger partial charge is 0.139 e. The lowest BCUT2D eigenvalue weighted by Crippen LogP contribution is -2.46. The van der Waals surface area contributed by atoms with Crippen molar-refractivity contribution in [2.45, 2.75) is 12.8 Å². The van der Waals surface area contributed by atoms with Gasteiger partial charge in [-0.2, -0.15) is 11.1 Å². The molecule has 0 spiro atoms. The molecule has 1 aliphatic heterocycles. The molecule has 1 saturated heterocycles. The van der Waals surface area contributed by atoms with E-state index >= 15 is 0 Å². The Kier molecular flexibility index (Phi) is 2.30. The Morgan fingerprint density at radius 3 is 2.92 bits per heavy atom. The van der Waals surface area contributed by atoms with Crippen molar-refractivity contribution in [2.75, 3.05) is 0 Å². The van der Waals surface area contributed by atoms with E-state index < -0.39 is 0 Å². The van der Waals surface area contributed by atoms with Gasteiger partial charge >= 0.3 is 0 Å².